The number of nitrogens with two attached hydrogens (primary N) is 1. The van der Waals surface area contributed by atoms with Gasteiger partial charge in [-0.2, -0.15) is 0 Å². The number of carbonyl (C=O) groups is 1. The summed E-state index contributed by atoms with van der Waals surface area (Å²) in [5, 5.41) is 7.65. The molecule has 0 saturated carbocycles. The summed E-state index contributed by atoms with van der Waals surface area (Å²) >= 11 is 0. The SMILES string of the molecule is CCCOc1cc(CC(N)=O)ccc1C(C)=N. The summed E-state index contributed by atoms with van der Waals surface area (Å²) < 4.78 is 5.58. The lowest BCUT2D eigenvalue weighted by Crippen LogP contribution is -2.14. The summed E-state index contributed by atoms with van der Waals surface area (Å²) in [5.41, 5.74) is 7.17. The van der Waals surface area contributed by atoms with E-state index in [0.717, 1.165) is 17.5 Å². The topological polar surface area (TPSA) is 76.2 Å². The molecule has 1 aromatic rings. The molecule has 0 heterocycles. The lowest BCUT2D eigenvalue weighted by molar-refractivity contribution is -0.117. The molecule has 0 spiro atoms. The van der Waals surface area contributed by atoms with E-state index in [-0.39, 0.29) is 12.3 Å². The van der Waals surface area contributed by atoms with Crippen LogP contribution in [-0.2, 0) is 11.2 Å². The number of amides is 1. The summed E-state index contributed by atoms with van der Waals surface area (Å²) in [6.45, 7) is 4.33. The highest BCUT2D eigenvalue weighted by Crippen LogP contribution is 2.21. The number of nitrogens with one attached hydrogen (secondary N) is 1. The van der Waals surface area contributed by atoms with Gasteiger partial charge in [0.25, 0.3) is 0 Å². The molecule has 0 aliphatic heterocycles. The van der Waals surface area contributed by atoms with Crippen LogP contribution in [0.25, 0.3) is 0 Å². The first-order valence-electron chi connectivity index (χ1n) is 5.64. The highest BCUT2D eigenvalue weighted by molar-refractivity contribution is 5.99. The Morgan fingerprint density at radius 2 is 2.18 bits per heavy atom. The van der Waals surface area contributed by atoms with Gasteiger partial charge in [0.2, 0.25) is 5.91 Å². The van der Waals surface area contributed by atoms with Crippen molar-refractivity contribution in [2.75, 3.05) is 6.61 Å². The van der Waals surface area contributed by atoms with Crippen molar-refractivity contribution in [3.8, 4) is 5.75 Å². The van der Waals surface area contributed by atoms with E-state index in [4.69, 9.17) is 15.9 Å². The van der Waals surface area contributed by atoms with Gasteiger partial charge in [0, 0.05) is 11.3 Å². The molecule has 4 heteroatoms. The van der Waals surface area contributed by atoms with Crippen molar-refractivity contribution in [2.24, 2.45) is 5.73 Å². The summed E-state index contributed by atoms with van der Waals surface area (Å²) in [4.78, 5) is 10.9. The Morgan fingerprint density at radius 3 is 2.71 bits per heavy atom. The van der Waals surface area contributed by atoms with Crippen molar-refractivity contribution in [1.82, 2.24) is 0 Å². The fraction of sp³-hybridized carbons (Fsp3) is 0.385. The maximum Gasteiger partial charge on any atom is 0.221 e. The molecule has 0 radical (unpaired) electrons. The van der Waals surface area contributed by atoms with Crippen LogP contribution in [0.2, 0.25) is 0 Å². The smallest absolute Gasteiger partial charge is 0.221 e. The second-order valence-electron chi connectivity index (χ2n) is 3.95. The van der Waals surface area contributed by atoms with Crippen LogP contribution in [0, 0.1) is 5.41 Å². The van der Waals surface area contributed by atoms with Crippen LogP contribution in [0.5, 0.6) is 5.75 Å². The Balaban J connectivity index is 3.00. The molecule has 0 bridgehead atoms. The van der Waals surface area contributed by atoms with Crippen molar-refractivity contribution in [3.05, 3.63) is 29.3 Å². The quantitative estimate of drug-likeness (QED) is 0.737. The highest BCUT2D eigenvalue weighted by Gasteiger charge is 2.08. The Kier molecular flexibility index (Phi) is 4.69. The highest BCUT2D eigenvalue weighted by atomic mass is 16.5. The number of benzene rings is 1. The van der Waals surface area contributed by atoms with Gasteiger partial charge in [-0.1, -0.05) is 13.0 Å². The number of carbonyl (C=O) groups excluding carboxylic acids is 1. The Hall–Kier alpha value is -1.84. The van der Waals surface area contributed by atoms with Gasteiger partial charge < -0.3 is 15.9 Å². The van der Waals surface area contributed by atoms with Gasteiger partial charge in [0.05, 0.1) is 13.0 Å². The normalized spacial score (nSPS) is 10.0. The first kappa shape index (κ1) is 13.2. The predicted octanol–water partition coefficient (Wildman–Crippen LogP) is 1.89. The number of hydrogen-bond acceptors (Lipinski definition) is 3. The zero-order valence-corrected chi connectivity index (χ0v) is 10.2. The molecule has 4 nitrogen and oxygen atoms in total. The lowest BCUT2D eigenvalue weighted by atomic mass is 10.0. The third-order valence-electron chi connectivity index (χ3n) is 2.29. The van der Waals surface area contributed by atoms with Gasteiger partial charge in [0.1, 0.15) is 5.75 Å². The second-order valence-corrected chi connectivity index (χ2v) is 3.95. The van der Waals surface area contributed by atoms with Gasteiger partial charge in [-0.15, -0.1) is 0 Å². The second kappa shape index (κ2) is 6.03. The molecule has 3 N–H and O–H groups in total. The molecule has 92 valence electrons. The van der Waals surface area contributed by atoms with Crippen LogP contribution in [0.1, 0.15) is 31.4 Å². The number of primary amides is 1. The maximum atomic E-state index is 10.9. The molecule has 0 aliphatic rings. The molecule has 0 fully saturated rings. The molecule has 17 heavy (non-hydrogen) atoms. The summed E-state index contributed by atoms with van der Waals surface area (Å²) in [6.07, 6.45) is 1.09. The van der Waals surface area contributed by atoms with E-state index in [0.29, 0.717) is 18.1 Å². The summed E-state index contributed by atoms with van der Waals surface area (Å²) in [5.74, 6) is 0.281. The van der Waals surface area contributed by atoms with E-state index in [9.17, 15) is 4.79 Å². The molecule has 0 atom stereocenters. The van der Waals surface area contributed by atoms with E-state index < -0.39 is 0 Å². The van der Waals surface area contributed by atoms with Crippen molar-refractivity contribution in [3.63, 3.8) is 0 Å². The first-order chi connectivity index (χ1) is 8.04. The molecule has 1 amide bonds. The molecule has 0 unspecified atom stereocenters. The Labute approximate surface area is 101 Å². The van der Waals surface area contributed by atoms with Crippen molar-refractivity contribution >= 4 is 11.6 Å². The first-order valence-corrected chi connectivity index (χ1v) is 5.64. The maximum absolute atomic E-state index is 10.9. The largest absolute Gasteiger partial charge is 0.493 e. The Morgan fingerprint density at radius 1 is 1.47 bits per heavy atom. The summed E-state index contributed by atoms with van der Waals surface area (Å²) in [6, 6.07) is 5.39. The van der Waals surface area contributed by atoms with Gasteiger partial charge in [-0.05, 0) is 31.0 Å². The minimum absolute atomic E-state index is 0.194. The van der Waals surface area contributed by atoms with E-state index in [2.05, 4.69) is 0 Å². The van der Waals surface area contributed by atoms with E-state index in [1.54, 1.807) is 25.1 Å². The molecule has 0 aromatic heterocycles. The van der Waals surface area contributed by atoms with Gasteiger partial charge in [-0.25, -0.2) is 0 Å². The third-order valence-corrected chi connectivity index (χ3v) is 2.29. The molecular formula is C13H18N2O2. The van der Waals surface area contributed by atoms with Crippen LogP contribution in [-0.4, -0.2) is 18.2 Å². The van der Waals surface area contributed by atoms with Gasteiger partial charge >= 0.3 is 0 Å². The van der Waals surface area contributed by atoms with E-state index >= 15 is 0 Å². The van der Waals surface area contributed by atoms with Crippen LogP contribution >= 0.6 is 0 Å². The monoisotopic (exact) mass is 234 g/mol. The molecule has 0 aliphatic carbocycles. The fourth-order valence-corrected chi connectivity index (χ4v) is 1.52. The van der Waals surface area contributed by atoms with Crippen molar-refractivity contribution < 1.29 is 9.53 Å². The molecule has 1 rings (SSSR count). The van der Waals surface area contributed by atoms with Crippen LogP contribution in [0.3, 0.4) is 0 Å². The van der Waals surface area contributed by atoms with Crippen molar-refractivity contribution in [1.29, 1.82) is 5.41 Å². The number of ether oxygens (including phenoxy) is 1. The van der Waals surface area contributed by atoms with E-state index in [1.165, 1.54) is 0 Å². The number of rotatable bonds is 6. The number of hydrogen-bond donors (Lipinski definition) is 2. The van der Waals surface area contributed by atoms with Crippen LogP contribution in [0.4, 0.5) is 0 Å². The predicted molar refractivity (Wildman–Crippen MR) is 67.6 cm³/mol. The third kappa shape index (κ3) is 3.90. The average Bonchev–Trinajstić information content (AvgIpc) is 2.25. The van der Waals surface area contributed by atoms with Crippen LogP contribution in [0.15, 0.2) is 18.2 Å². The molecule has 0 saturated heterocycles. The standard InChI is InChI=1S/C13H18N2O2/c1-3-6-17-12-7-10(8-13(15)16)4-5-11(12)9(2)14/h4-5,7,14H,3,6,8H2,1-2H3,(H2,15,16). The van der Waals surface area contributed by atoms with Crippen LogP contribution < -0.4 is 10.5 Å². The fourth-order valence-electron chi connectivity index (χ4n) is 1.52. The zero-order valence-electron chi connectivity index (χ0n) is 10.2. The minimum Gasteiger partial charge on any atom is -0.493 e. The van der Waals surface area contributed by atoms with Gasteiger partial charge in [-0.3, -0.25) is 4.79 Å². The molecule has 1 aromatic carbocycles. The minimum atomic E-state index is -0.370. The zero-order chi connectivity index (χ0) is 12.8. The lowest BCUT2D eigenvalue weighted by Gasteiger charge is -2.11. The van der Waals surface area contributed by atoms with E-state index in [1.807, 2.05) is 6.92 Å². The van der Waals surface area contributed by atoms with Gasteiger partial charge in [0.15, 0.2) is 0 Å². The molecular weight excluding hydrogens is 216 g/mol. The Bertz CT molecular complexity index is 427. The van der Waals surface area contributed by atoms with Crippen molar-refractivity contribution in [2.45, 2.75) is 26.7 Å². The summed E-state index contributed by atoms with van der Waals surface area (Å²) in [7, 11) is 0. The average molecular weight is 234 g/mol.